The van der Waals surface area contributed by atoms with Crippen LogP contribution in [0, 0.1) is 5.82 Å². The fraction of sp³-hybridized carbons (Fsp3) is 0.348. The van der Waals surface area contributed by atoms with Crippen LogP contribution in [-0.2, 0) is 13.1 Å². The molecule has 2 aromatic carbocycles. The molecule has 4 rings (SSSR count). The zero-order chi connectivity index (χ0) is 20.1. The molecule has 0 unspecified atom stereocenters. The van der Waals surface area contributed by atoms with Crippen LogP contribution in [0.1, 0.15) is 16.9 Å². The van der Waals surface area contributed by atoms with Crippen LogP contribution in [0.15, 0.2) is 60.8 Å². The highest BCUT2D eigenvalue weighted by molar-refractivity contribution is 7.15. The third-order valence-electron chi connectivity index (χ3n) is 5.44. The Kier molecular flexibility index (Phi) is 6.67. The van der Waals surface area contributed by atoms with Gasteiger partial charge in [-0.1, -0.05) is 48.5 Å². The van der Waals surface area contributed by atoms with Crippen LogP contribution in [-0.4, -0.2) is 52.2 Å². The molecule has 1 aliphatic rings. The van der Waals surface area contributed by atoms with Gasteiger partial charge in [-0.2, -0.15) is 0 Å². The van der Waals surface area contributed by atoms with Gasteiger partial charge in [0.2, 0.25) is 0 Å². The summed E-state index contributed by atoms with van der Waals surface area (Å²) in [7, 11) is 0. The highest BCUT2D eigenvalue weighted by atomic mass is 32.1. The Morgan fingerprint density at radius 2 is 1.83 bits per heavy atom. The van der Waals surface area contributed by atoms with Crippen LogP contribution >= 0.6 is 11.3 Å². The minimum absolute atomic E-state index is 0.144. The van der Waals surface area contributed by atoms with Crippen LogP contribution in [0.2, 0.25) is 0 Å². The maximum absolute atomic E-state index is 14.1. The monoisotopic (exact) mass is 411 g/mol. The third-order valence-corrected chi connectivity index (χ3v) is 6.47. The van der Waals surface area contributed by atoms with Crippen molar-refractivity contribution in [3.8, 4) is 10.6 Å². The summed E-state index contributed by atoms with van der Waals surface area (Å²) in [5, 5.41) is 10.6. The van der Waals surface area contributed by atoms with Crippen molar-refractivity contribution in [1.82, 2.24) is 14.8 Å². The molecule has 1 fully saturated rings. The number of hydrogen-bond donors (Lipinski definition) is 1. The fourth-order valence-electron chi connectivity index (χ4n) is 3.89. The molecule has 1 saturated heterocycles. The molecule has 1 atom stereocenters. The van der Waals surface area contributed by atoms with Gasteiger partial charge >= 0.3 is 0 Å². The average molecular weight is 412 g/mol. The molecule has 29 heavy (non-hydrogen) atoms. The summed E-state index contributed by atoms with van der Waals surface area (Å²) < 4.78 is 14.1. The predicted molar refractivity (Wildman–Crippen MR) is 115 cm³/mol. The summed E-state index contributed by atoms with van der Waals surface area (Å²) in [6, 6.07) is 17.4. The Labute approximate surface area is 175 Å². The van der Waals surface area contributed by atoms with Gasteiger partial charge in [-0.25, -0.2) is 9.37 Å². The Morgan fingerprint density at radius 3 is 2.62 bits per heavy atom. The average Bonchev–Trinajstić information content (AvgIpc) is 3.21. The van der Waals surface area contributed by atoms with E-state index in [-0.39, 0.29) is 18.5 Å². The lowest BCUT2D eigenvalue weighted by Crippen LogP contribution is -2.52. The van der Waals surface area contributed by atoms with Gasteiger partial charge in [0, 0.05) is 67.6 Å². The molecular weight excluding hydrogens is 385 g/mol. The summed E-state index contributed by atoms with van der Waals surface area (Å²) in [5.74, 6) is -0.157. The maximum Gasteiger partial charge on any atom is 0.127 e. The van der Waals surface area contributed by atoms with Gasteiger partial charge in [0.15, 0.2) is 0 Å². The van der Waals surface area contributed by atoms with Gasteiger partial charge in [-0.05, 0) is 12.5 Å². The van der Waals surface area contributed by atoms with E-state index >= 15 is 0 Å². The van der Waals surface area contributed by atoms with Gasteiger partial charge in [-0.15, -0.1) is 11.3 Å². The van der Waals surface area contributed by atoms with E-state index in [1.807, 2.05) is 36.5 Å². The number of aliphatic hydroxyl groups is 1. The van der Waals surface area contributed by atoms with Crippen molar-refractivity contribution in [3.63, 3.8) is 0 Å². The van der Waals surface area contributed by atoms with E-state index in [0.717, 1.165) is 42.3 Å². The van der Waals surface area contributed by atoms with Crippen molar-refractivity contribution >= 4 is 11.3 Å². The molecule has 1 aromatic heterocycles. The molecule has 0 saturated carbocycles. The minimum Gasteiger partial charge on any atom is -0.396 e. The van der Waals surface area contributed by atoms with E-state index in [0.29, 0.717) is 13.0 Å². The highest BCUT2D eigenvalue weighted by Gasteiger charge is 2.27. The Bertz CT molecular complexity index is 917. The fourth-order valence-corrected chi connectivity index (χ4v) is 4.85. The molecule has 4 nitrogen and oxygen atoms in total. The van der Waals surface area contributed by atoms with Crippen LogP contribution in [0.3, 0.4) is 0 Å². The minimum atomic E-state index is -0.157. The molecule has 0 aliphatic carbocycles. The van der Waals surface area contributed by atoms with Gasteiger partial charge in [0.1, 0.15) is 10.8 Å². The zero-order valence-electron chi connectivity index (χ0n) is 16.4. The summed E-state index contributed by atoms with van der Waals surface area (Å²) in [5.41, 5.74) is 1.87. The molecule has 0 amide bonds. The number of benzene rings is 2. The van der Waals surface area contributed by atoms with E-state index < -0.39 is 0 Å². The molecule has 1 aliphatic heterocycles. The molecule has 0 spiro atoms. The summed E-state index contributed by atoms with van der Waals surface area (Å²) in [6.07, 6.45) is 2.67. The predicted octanol–water partition coefficient (Wildman–Crippen LogP) is 4.02. The first kappa shape index (κ1) is 20.2. The number of hydrogen-bond acceptors (Lipinski definition) is 5. The number of thiazole rings is 1. The first-order valence-corrected chi connectivity index (χ1v) is 10.9. The number of aliphatic hydroxyl groups excluding tert-OH is 1. The lowest BCUT2D eigenvalue weighted by atomic mass is 10.1. The quantitative estimate of drug-likeness (QED) is 0.638. The van der Waals surface area contributed by atoms with Crippen molar-refractivity contribution in [2.75, 3.05) is 26.2 Å². The van der Waals surface area contributed by atoms with Crippen molar-refractivity contribution in [3.05, 3.63) is 77.1 Å². The second kappa shape index (κ2) is 9.59. The van der Waals surface area contributed by atoms with Crippen LogP contribution in [0.25, 0.3) is 10.6 Å². The van der Waals surface area contributed by atoms with E-state index in [1.165, 1.54) is 10.9 Å². The van der Waals surface area contributed by atoms with Gasteiger partial charge < -0.3 is 5.11 Å². The number of nitrogens with zero attached hydrogens (tertiary/aromatic N) is 3. The van der Waals surface area contributed by atoms with E-state index in [2.05, 4.69) is 26.9 Å². The number of rotatable bonds is 7. The standard InChI is InChI=1S/C23H26FN3OS/c24-22-9-5-4-8-19(22)15-27-12-11-26(16-20(27)10-13-28)17-21-14-25-23(29-21)18-6-2-1-3-7-18/h1-9,14,20,28H,10-13,15-17H2/t20-/m1/s1. The van der Waals surface area contributed by atoms with Crippen molar-refractivity contribution in [1.29, 1.82) is 0 Å². The van der Waals surface area contributed by atoms with Crippen molar-refractivity contribution in [2.24, 2.45) is 0 Å². The first-order chi connectivity index (χ1) is 14.2. The molecular formula is C23H26FN3OS. The topological polar surface area (TPSA) is 39.6 Å². The van der Waals surface area contributed by atoms with E-state index in [1.54, 1.807) is 17.4 Å². The van der Waals surface area contributed by atoms with Gasteiger partial charge in [0.05, 0.1) is 0 Å². The molecule has 0 radical (unpaired) electrons. The number of piperazine rings is 1. The second-order valence-electron chi connectivity index (χ2n) is 7.46. The molecule has 2 heterocycles. The summed E-state index contributed by atoms with van der Waals surface area (Å²) in [4.78, 5) is 10.5. The third kappa shape index (κ3) is 5.08. The Hall–Kier alpha value is -2.12. The first-order valence-electron chi connectivity index (χ1n) is 10.0. The van der Waals surface area contributed by atoms with Crippen LogP contribution in [0.5, 0.6) is 0 Å². The largest absolute Gasteiger partial charge is 0.396 e. The Morgan fingerprint density at radius 1 is 1.03 bits per heavy atom. The normalized spacial score (nSPS) is 18.2. The zero-order valence-corrected chi connectivity index (χ0v) is 17.2. The Balaban J connectivity index is 1.40. The van der Waals surface area contributed by atoms with E-state index in [4.69, 9.17) is 0 Å². The lowest BCUT2D eigenvalue weighted by molar-refractivity contribution is 0.0497. The summed E-state index contributed by atoms with van der Waals surface area (Å²) in [6.45, 7) is 4.25. The number of aromatic nitrogens is 1. The molecule has 152 valence electrons. The smallest absolute Gasteiger partial charge is 0.127 e. The van der Waals surface area contributed by atoms with Gasteiger partial charge in [0.25, 0.3) is 0 Å². The van der Waals surface area contributed by atoms with E-state index in [9.17, 15) is 9.50 Å². The highest BCUT2D eigenvalue weighted by Crippen LogP contribution is 2.27. The SMILES string of the molecule is OCC[C@@H]1CN(Cc2cnc(-c3ccccc3)s2)CCN1Cc1ccccc1F. The van der Waals surface area contributed by atoms with Crippen molar-refractivity contribution in [2.45, 2.75) is 25.6 Å². The molecule has 6 heteroatoms. The number of halogens is 1. The molecule has 1 N–H and O–H groups in total. The molecule has 0 bridgehead atoms. The van der Waals surface area contributed by atoms with Gasteiger partial charge in [-0.3, -0.25) is 9.80 Å². The maximum atomic E-state index is 14.1. The second-order valence-corrected chi connectivity index (χ2v) is 8.58. The van der Waals surface area contributed by atoms with Crippen molar-refractivity contribution < 1.29 is 9.50 Å². The lowest BCUT2D eigenvalue weighted by Gasteiger charge is -2.41. The van der Waals surface area contributed by atoms with Crippen LogP contribution < -0.4 is 0 Å². The summed E-state index contributed by atoms with van der Waals surface area (Å²) >= 11 is 1.73. The molecule has 3 aromatic rings. The van der Waals surface area contributed by atoms with Crippen LogP contribution in [0.4, 0.5) is 4.39 Å².